The van der Waals surface area contributed by atoms with Gasteiger partial charge in [0, 0.05) is 31.7 Å². The third kappa shape index (κ3) is 6.21. The molecule has 0 spiro atoms. The van der Waals surface area contributed by atoms with E-state index in [1.54, 1.807) is 0 Å². The number of hydrogen-bond acceptors (Lipinski definition) is 2. The highest BCUT2D eigenvalue weighted by Crippen LogP contribution is 2.09. The fourth-order valence-corrected chi connectivity index (χ4v) is 3.47. The first-order valence-corrected chi connectivity index (χ1v) is 10.2. The lowest BCUT2D eigenvalue weighted by atomic mass is 10.2. The molecule has 5 nitrogen and oxygen atoms in total. The van der Waals surface area contributed by atoms with E-state index in [4.69, 9.17) is 24.4 Å². The summed E-state index contributed by atoms with van der Waals surface area (Å²) in [4.78, 5) is 8.92. The first kappa shape index (κ1) is 20.6. The Hall–Kier alpha value is -1.73. The first-order valence-electron chi connectivity index (χ1n) is 9.39. The van der Waals surface area contributed by atoms with E-state index in [-0.39, 0.29) is 0 Å². The van der Waals surface area contributed by atoms with Gasteiger partial charge >= 0.3 is 0 Å². The van der Waals surface area contributed by atoms with Crippen LogP contribution in [0.25, 0.3) is 0 Å². The quantitative estimate of drug-likeness (QED) is 0.357. The molecule has 0 amide bonds. The van der Waals surface area contributed by atoms with Gasteiger partial charge in [-0.05, 0) is 51.1 Å². The Bertz CT molecular complexity index is 606. The second-order valence-electron chi connectivity index (χ2n) is 6.24. The van der Waals surface area contributed by atoms with Crippen LogP contribution >= 0.6 is 24.4 Å². The van der Waals surface area contributed by atoms with Crippen LogP contribution in [0.5, 0.6) is 0 Å². The fraction of sp³-hybridized carbons (Fsp3) is 0.526. The van der Waals surface area contributed by atoms with Gasteiger partial charge in [-0.3, -0.25) is 10.9 Å². The molecular weight excluding hydrogens is 362 g/mol. The van der Waals surface area contributed by atoms with Gasteiger partial charge in [-0.25, -0.2) is 4.99 Å². The lowest BCUT2D eigenvalue weighted by Crippen LogP contribution is -2.49. The second-order valence-corrected chi connectivity index (χ2v) is 6.99. The molecule has 1 fully saturated rings. The van der Waals surface area contributed by atoms with Crippen molar-refractivity contribution < 1.29 is 0 Å². The summed E-state index contributed by atoms with van der Waals surface area (Å²) in [5.74, 6) is 0.680. The van der Waals surface area contributed by atoms with Crippen molar-refractivity contribution in [3.05, 3.63) is 35.9 Å². The molecule has 0 radical (unpaired) electrons. The van der Waals surface area contributed by atoms with Gasteiger partial charge in [0.15, 0.2) is 16.1 Å². The Labute approximate surface area is 167 Å². The van der Waals surface area contributed by atoms with Crippen molar-refractivity contribution in [2.75, 3.05) is 26.2 Å². The monoisotopic (exact) mass is 391 g/mol. The molecule has 2 N–H and O–H groups in total. The number of thiocarbonyl (C=S) groups is 2. The van der Waals surface area contributed by atoms with Crippen LogP contribution < -0.4 is 10.9 Å². The average molecular weight is 392 g/mol. The van der Waals surface area contributed by atoms with E-state index >= 15 is 0 Å². The number of amidine groups is 1. The molecule has 0 saturated carbocycles. The zero-order valence-electron chi connectivity index (χ0n) is 15.7. The molecule has 0 atom stereocenters. The molecule has 1 aromatic rings. The number of likely N-dealkylation sites (tertiary alicyclic amines) is 1. The summed E-state index contributed by atoms with van der Waals surface area (Å²) in [6.45, 7) is 7.83. The van der Waals surface area contributed by atoms with E-state index in [1.807, 2.05) is 35.2 Å². The van der Waals surface area contributed by atoms with E-state index < -0.39 is 0 Å². The highest BCUT2D eigenvalue weighted by Gasteiger charge is 2.13. The van der Waals surface area contributed by atoms with Crippen LogP contribution in [-0.4, -0.2) is 52.0 Å². The molecule has 1 aliphatic rings. The number of hydrazine groups is 1. The van der Waals surface area contributed by atoms with Gasteiger partial charge in [0.1, 0.15) is 0 Å². The van der Waals surface area contributed by atoms with Crippen molar-refractivity contribution in [3.63, 3.8) is 0 Å². The molecule has 1 aromatic carbocycles. The second kappa shape index (κ2) is 11.1. The van der Waals surface area contributed by atoms with Gasteiger partial charge in [-0.15, -0.1) is 0 Å². The lowest BCUT2D eigenvalue weighted by Gasteiger charge is -2.25. The molecule has 1 heterocycles. The van der Waals surface area contributed by atoms with Crippen molar-refractivity contribution in [1.82, 2.24) is 20.7 Å². The predicted octanol–water partition coefficient (Wildman–Crippen LogP) is 3.32. The largest absolute Gasteiger partial charge is 0.348 e. The van der Waals surface area contributed by atoms with Crippen molar-refractivity contribution >= 4 is 40.5 Å². The van der Waals surface area contributed by atoms with Gasteiger partial charge < -0.3 is 9.80 Å². The number of aliphatic imine (C=N–C) groups is 1. The van der Waals surface area contributed by atoms with E-state index in [2.05, 4.69) is 34.6 Å². The Morgan fingerprint density at radius 2 is 1.62 bits per heavy atom. The van der Waals surface area contributed by atoms with Crippen LogP contribution in [0.1, 0.15) is 45.1 Å². The Kier molecular flexibility index (Phi) is 8.77. The molecule has 0 aromatic heterocycles. The van der Waals surface area contributed by atoms with Gasteiger partial charge in [0.2, 0.25) is 0 Å². The van der Waals surface area contributed by atoms with E-state index in [9.17, 15) is 0 Å². The van der Waals surface area contributed by atoms with E-state index in [0.717, 1.165) is 31.7 Å². The van der Waals surface area contributed by atoms with Crippen LogP contribution in [0.15, 0.2) is 35.3 Å². The number of benzene rings is 1. The number of nitrogens with one attached hydrogen (secondary N) is 2. The number of rotatable bonds is 3. The number of hydrogen-bond donors (Lipinski definition) is 2. The summed E-state index contributed by atoms with van der Waals surface area (Å²) < 4.78 is 0. The highest BCUT2D eigenvalue weighted by atomic mass is 32.1. The first-order chi connectivity index (χ1) is 12.7. The summed E-state index contributed by atoms with van der Waals surface area (Å²) >= 11 is 11.1. The van der Waals surface area contributed by atoms with Crippen molar-refractivity contribution in [2.45, 2.75) is 39.5 Å². The van der Waals surface area contributed by atoms with Crippen molar-refractivity contribution in [3.8, 4) is 0 Å². The minimum absolute atomic E-state index is 0.573. The zero-order valence-corrected chi connectivity index (χ0v) is 17.3. The van der Waals surface area contributed by atoms with Gasteiger partial charge in [-0.1, -0.05) is 43.2 Å². The Morgan fingerprint density at radius 1 is 1.00 bits per heavy atom. The third-order valence-corrected chi connectivity index (χ3v) is 5.18. The SMILES string of the molecule is CCN(CC)C(=S)/N=C(/NNC(=S)N1CCCCCC1)c1ccccc1. The summed E-state index contributed by atoms with van der Waals surface area (Å²) in [6, 6.07) is 9.97. The normalized spacial score (nSPS) is 15.2. The maximum Gasteiger partial charge on any atom is 0.197 e. The van der Waals surface area contributed by atoms with Crippen LogP contribution in [-0.2, 0) is 0 Å². The summed E-state index contributed by atoms with van der Waals surface area (Å²) in [5, 5.41) is 1.29. The van der Waals surface area contributed by atoms with Crippen molar-refractivity contribution in [1.29, 1.82) is 0 Å². The third-order valence-electron chi connectivity index (χ3n) is 4.47. The van der Waals surface area contributed by atoms with Crippen molar-refractivity contribution in [2.24, 2.45) is 4.99 Å². The van der Waals surface area contributed by atoms with Gasteiger partial charge in [0.05, 0.1) is 0 Å². The lowest BCUT2D eigenvalue weighted by molar-refractivity contribution is 0.424. The molecule has 142 valence electrons. The Balaban J connectivity index is 2.09. The average Bonchev–Trinajstić information content (AvgIpc) is 2.96. The summed E-state index contributed by atoms with van der Waals surface area (Å²) in [7, 11) is 0. The maximum atomic E-state index is 5.57. The van der Waals surface area contributed by atoms with Gasteiger partial charge in [-0.2, -0.15) is 0 Å². The summed E-state index contributed by atoms with van der Waals surface area (Å²) in [5.41, 5.74) is 7.31. The molecule has 1 saturated heterocycles. The highest BCUT2D eigenvalue weighted by molar-refractivity contribution is 7.80. The molecular formula is C19H29N5S2. The fourth-order valence-electron chi connectivity index (χ4n) is 2.89. The van der Waals surface area contributed by atoms with Crippen LogP contribution in [0, 0.1) is 0 Å². The molecule has 26 heavy (non-hydrogen) atoms. The van der Waals surface area contributed by atoms with Gasteiger partial charge in [0.25, 0.3) is 0 Å². The molecule has 0 bridgehead atoms. The molecule has 7 heteroatoms. The zero-order chi connectivity index (χ0) is 18.8. The minimum atomic E-state index is 0.573. The van der Waals surface area contributed by atoms with Crippen LogP contribution in [0.2, 0.25) is 0 Å². The smallest absolute Gasteiger partial charge is 0.197 e. The topological polar surface area (TPSA) is 42.9 Å². The van der Waals surface area contributed by atoms with E-state index in [0.29, 0.717) is 16.1 Å². The standard InChI is InChI=1S/C19H29N5S2/c1-3-23(4-2)18(25)20-17(16-12-8-7-9-13-16)21-22-19(26)24-14-10-5-6-11-15-24/h7-9,12-13H,3-6,10-11,14-15H2,1-2H3,(H,22,26)(H,20,21,25). The van der Waals surface area contributed by atoms with E-state index in [1.165, 1.54) is 25.7 Å². The molecule has 1 aliphatic heterocycles. The summed E-state index contributed by atoms with van der Waals surface area (Å²) in [6.07, 6.45) is 4.93. The minimum Gasteiger partial charge on any atom is -0.348 e. The maximum absolute atomic E-state index is 5.57. The van der Waals surface area contributed by atoms with Crippen LogP contribution in [0.4, 0.5) is 0 Å². The predicted molar refractivity (Wildman–Crippen MR) is 117 cm³/mol. The molecule has 0 unspecified atom stereocenters. The van der Waals surface area contributed by atoms with Crippen LogP contribution in [0.3, 0.4) is 0 Å². The Morgan fingerprint density at radius 3 is 2.19 bits per heavy atom. The molecule has 2 rings (SSSR count). The molecule has 0 aliphatic carbocycles. The number of nitrogens with zero attached hydrogens (tertiary/aromatic N) is 3.